The molecule has 0 saturated carbocycles. The smallest absolute Gasteiger partial charge is 0.148 e. The molecule has 1 N–H and O–H groups in total. The highest BCUT2D eigenvalue weighted by atomic mass is 32.1. The van der Waals surface area contributed by atoms with E-state index in [0.29, 0.717) is 5.69 Å². The molecule has 0 bridgehead atoms. The van der Waals surface area contributed by atoms with Gasteiger partial charge in [0.15, 0.2) is 0 Å². The summed E-state index contributed by atoms with van der Waals surface area (Å²) in [6.45, 7) is 0.763. The van der Waals surface area contributed by atoms with Gasteiger partial charge in [0, 0.05) is 40.5 Å². The van der Waals surface area contributed by atoms with Crippen molar-refractivity contribution in [3.05, 3.63) is 88.9 Å². The van der Waals surface area contributed by atoms with E-state index in [9.17, 15) is 4.39 Å². The second kappa shape index (κ2) is 7.89. The van der Waals surface area contributed by atoms with Gasteiger partial charge >= 0.3 is 0 Å². The van der Waals surface area contributed by atoms with Crippen LogP contribution < -0.4 is 5.32 Å². The minimum atomic E-state index is -0.244. The van der Waals surface area contributed by atoms with Gasteiger partial charge in [0.1, 0.15) is 16.5 Å². The number of aromatic nitrogens is 3. The predicted molar refractivity (Wildman–Crippen MR) is 114 cm³/mol. The number of para-hydroxylation sites is 1. The molecule has 29 heavy (non-hydrogen) atoms. The first-order valence-electron chi connectivity index (χ1n) is 9.85. The summed E-state index contributed by atoms with van der Waals surface area (Å²) in [7, 11) is 0. The summed E-state index contributed by atoms with van der Waals surface area (Å²) >= 11 is 1.72. The largest absolute Gasteiger partial charge is 0.305 e. The molecule has 1 atom stereocenters. The zero-order valence-electron chi connectivity index (χ0n) is 15.9. The number of nitrogens with zero attached hydrogens (tertiary/aromatic N) is 3. The van der Waals surface area contributed by atoms with Crippen LogP contribution in [0.2, 0.25) is 0 Å². The van der Waals surface area contributed by atoms with Gasteiger partial charge in [-0.2, -0.15) is 5.10 Å². The van der Waals surface area contributed by atoms with Crippen molar-refractivity contribution >= 4 is 11.3 Å². The van der Waals surface area contributed by atoms with Gasteiger partial charge in [0.25, 0.3) is 0 Å². The molecular formula is C23H21FN4S. The van der Waals surface area contributed by atoms with E-state index in [1.807, 2.05) is 36.7 Å². The summed E-state index contributed by atoms with van der Waals surface area (Å²) in [5, 5.41) is 9.21. The SMILES string of the molecule is Fc1ccccc1-n1ncc2c1CCCC2NCc1cnc(-c2ccccc2)s1. The number of fused-ring (bicyclic) bond motifs is 1. The molecule has 4 nitrogen and oxygen atoms in total. The first-order valence-corrected chi connectivity index (χ1v) is 10.7. The lowest BCUT2D eigenvalue weighted by atomic mass is 9.93. The van der Waals surface area contributed by atoms with Crippen molar-refractivity contribution in [1.82, 2.24) is 20.1 Å². The van der Waals surface area contributed by atoms with Crippen LogP contribution in [0.5, 0.6) is 0 Å². The molecule has 0 spiro atoms. The first-order chi connectivity index (χ1) is 14.3. The van der Waals surface area contributed by atoms with Crippen LogP contribution in [0.3, 0.4) is 0 Å². The molecule has 2 aromatic heterocycles. The Balaban J connectivity index is 1.33. The van der Waals surface area contributed by atoms with E-state index in [-0.39, 0.29) is 11.9 Å². The summed E-state index contributed by atoms with van der Waals surface area (Å²) in [6, 6.07) is 17.3. The van der Waals surface area contributed by atoms with Crippen LogP contribution in [-0.2, 0) is 13.0 Å². The van der Waals surface area contributed by atoms with Gasteiger partial charge in [-0.1, -0.05) is 42.5 Å². The molecule has 0 aliphatic heterocycles. The Labute approximate surface area is 173 Å². The number of hydrogen-bond acceptors (Lipinski definition) is 4. The summed E-state index contributed by atoms with van der Waals surface area (Å²) in [4.78, 5) is 5.77. The topological polar surface area (TPSA) is 42.7 Å². The van der Waals surface area contributed by atoms with Gasteiger partial charge < -0.3 is 5.32 Å². The normalized spacial score (nSPS) is 16.0. The van der Waals surface area contributed by atoms with Gasteiger partial charge in [-0.25, -0.2) is 14.1 Å². The second-order valence-electron chi connectivity index (χ2n) is 7.23. The van der Waals surface area contributed by atoms with Crippen molar-refractivity contribution in [3.8, 4) is 16.3 Å². The average molecular weight is 405 g/mol. The summed E-state index contributed by atoms with van der Waals surface area (Å²) in [5.74, 6) is -0.244. The number of halogens is 1. The maximum absolute atomic E-state index is 14.2. The van der Waals surface area contributed by atoms with Crippen molar-refractivity contribution in [1.29, 1.82) is 0 Å². The van der Waals surface area contributed by atoms with Crippen LogP contribution in [0.1, 0.15) is 35.0 Å². The van der Waals surface area contributed by atoms with E-state index in [0.717, 1.165) is 42.1 Å². The Morgan fingerprint density at radius 3 is 2.76 bits per heavy atom. The highest BCUT2D eigenvalue weighted by Crippen LogP contribution is 2.32. The van der Waals surface area contributed by atoms with E-state index in [1.165, 1.54) is 16.5 Å². The Morgan fingerprint density at radius 2 is 1.90 bits per heavy atom. The fraction of sp³-hybridized carbons (Fsp3) is 0.217. The molecule has 0 radical (unpaired) electrons. The number of benzene rings is 2. The first kappa shape index (κ1) is 18.2. The molecule has 0 amide bonds. The summed E-state index contributed by atoms with van der Waals surface area (Å²) in [6.07, 6.45) is 6.87. The lowest BCUT2D eigenvalue weighted by molar-refractivity contribution is 0.455. The predicted octanol–water partition coefficient (Wildman–Crippen LogP) is 5.30. The zero-order valence-corrected chi connectivity index (χ0v) is 16.7. The van der Waals surface area contributed by atoms with Crippen molar-refractivity contribution in [3.63, 3.8) is 0 Å². The molecule has 2 aromatic carbocycles. The Hall–Kier alpha value is -2.83. The third-order valence-corrected chi connectivity index (χ3v) is 6.41. The van der Waals surface area contributed by atoms with Crippen molar-refractivity contribution < 1.29 is 4.39 Å². The molecule has 1 unspecified atom stereocenters. The molecule has 6 heteroatoms. The van der Waals surface area contributed by atoms with Crippen LogP contribution in [0.25, 0.3) is 16.3 Å². The van der Waals surface area contributed by atoms with E-state index in [2.05, 4.69) is 27.5 Å². The van der Waals surface area contributed by atoms with Crippen LogP contribution in [0, 0.1) is 5.82 Å². The van der Waals surface area contributed by atoms with Gasteiger partial charge in [-0.05, 0) is 31.4 Å². The second-order valence-corrected chi connectivity index (χ2v) is 8.35. The Morgan fingerprint density at radius 1 is 1.07 bits per heavy atom. The third-order valence-electron chi connectivity index (χ3n) is 5.36. The molecule has 5 rings (SSSR count). The number of hydrogen-bond donors (Lipinski definition) is 1. The van der Waals surface area contributed by atoms with Crippen molar-refractivity contribution in [2.45, 2.75) is 31.8 Å². The summed E-state index contributed by atoms with van der Waals surface area (Å²) in [5.41, 5.74) is 3.94. The molecule has 1 aliphatic rings. The maximum Gasteiger partial charge on any atom is 0.148 e. The van der Waals surface area contributed by atoms with Crippen LogP contribution in [-0.4, -0.2) is 14.8 Å². The van der Waals surface area contributed by atoms with Gasteiger partial charge in [-0.15, -0.1) is 11.3 Å². The average Bonchev–Trinajstić information content (AvgIpc) is 3.41. The lowest BCUT2D eigenvalue weighted by Gasteiger charge is -2.24. The monoisotopic (exact) mass is 404 g/mol. The van der Waals surface area contributed by atoms with E-state index in [4.69, 9.17) is 0 Å². The van der Waals surface area contributed by atoms with Crippen molar-refractivity contribution in [2.75, 3.05) is 0 Å². The van der Waals surface area contributed by atoms with Gasteiger partial charge in [-0.3, -0.25) is 0 Å². The van der Waals surface area contributed by atoms with E-state index >= 15 is 0 Å². The quantitative estimate of drug-likeness (QED) is 0.491. The zero-order chi connectivity index (χ0) is 19.6. The van der Waals surface area contributed by atoms with Crippen LogP contribution in [0.15, 0.2) is 67.0 Å². The molecule has 0 fully saturated rings. The third kappa shape index (κ3) is 3.61. The van der Waals surface area contributed by atoms with Crippen LogP contribution >= 0.6 is 11.3 Å². The molecule has 146 valence electrons. The summed E-state index contributed by atoms with van der Waals surface area (Å²) < 4.78 is 16.0. The minimum absolute atomic E-state index is 0.224. The van der Waals surface area contributed by atoms with Crippen molar-refractivity contribution in [2.24, 2.45) is 0 Å². The fourth-order valence-corrected chi connectivity index (χ4v) is 4.80. The number of thiazole rings is 1. The number of rotatable bonds is 5. The molecule has 4 aromatic rings. The van der Waals surface area contributed by atoms with E-state index in [1.54, 1.807) is 28.2 Å². The molecule has 1 aliphatic carbocycles. The van der Waals surface area contributed by atoms with E-state index < -0.39 is 0 Å². The highest BCUT2D eigenvalue weighted by Gasteiger charge is 2.25. The standard InChI is InChI=1S/C23H21FN4S/c24-19-9-4-5-11-22(19)28-21-12-6-10-20(18(21)15-27-28)25-13-17-14-26-23(29-17)16-7-2-1-3-8-16/h1-5,7-9,11,14-15,20,25H,6,10,12-13H2. The van der Waals surface area contributed by atoms with Gasteiger partial charge in [0.2, 0.25) is 0 Å². The minimum Gasteiger partial charge on any atom is -0.305 e. The molecule has 0 saturated heterocycles. The Bertz CT molecular complexity index is 1120. The lowest BCUT2D eigenvalue weighted by Crippen LogP contribution is -2.24. The van der Waals surface area contributed by atoms with Crippen LogP contribution in [0.4, 0.5) is 4.39 Å². The maximum atomic E-state index is 14.2. The molecular weight excluding hydrogens is 383 g/mol. The Kier molecular flexibility index (Phi) is 4.96. The molecule has 2 heterocycles. The fourth-order valence-electron chi connectivity index (χ4n) is 3.93. The van der Waals surface area contributed by atoms with Gasteiger partial charge in [0.05, 0.1) is 6.20 Å². The highest BCUT2D eigenvalue weighted by molar-refractivity contribution is 7.15. The number of nitrogens with one attached hydrogen (secondary N) is 1.